The van der Waals surface area contributed by atoms with Crippen molar-refractivity contribution in [1.82, 2.24) is 10.2 Å². The Labute approximate surface area is 267 Å². The number of anilines is 1. The van der Waals surface area contributed by atoms with Crippen molar-refractivity contribution >= 4 is 73.9 Å². The zero-order chi connectivity index (χ0) is 30.9. The SMILES string of the molecule is CCCNC(=O)[C@H](Cc1ccccc1)N(Cc1ccc(Cl)c(Cl)c1)C(=O)CCCN(c1cc(Cl)ccc1Cl)S(C)(=O)=O. The average molecular weight is 673 g/mol. The van der Waals surface area contributed by atoms with Gasteiger partial charge in [0.05, 0.1) is 27.0 Å². The monoisotopic (exact) mass is 671 g/mol. The molecular formula is C30H33Cl4N3O4S. The van der Waals surface area contributed by atoms with Gasteiger partial charge in [-0.25, -0.2) is 8.42 Å². The molecule has 3 aromatic carbocycles. The fourth-order valence-electron chi connectivity index (χ4n) is 4.41. The molecule has 0 aliphatic heterocycles. The molecule has 3 rings (SSSR count). The summed E-state index contributed by atoms with van der Waals surface area (Å²) in [5, 5.41) is 4.18. The van der Waals surface area contributed by atoms with E-state index in [4.69, 9.17) is 46.4 Å². The topological polar surface area (TPSA) is 86.8 Å². The van der Waals surface area contributed by atoms with Gasteiger partial charge in [-0.2, -0.15) is 0 Å². The smallest absolute Gasteiger partial charge is 0.243 e. The summed E-state index contributed by atoms with van der Waals surface area (Å²) in [4.78, 5) is 28.9. The number of nitrogens with one attached hydrogen (secondary N) is 1. The summed E-state index contributed by atoms with van der Waals surface area (Å²) in [7, 11) is -3.74. The Morgan fingerprint density at radius 2 is 1.57 bits per heavy atom. The van der Waals surface area contributed by atoms with E-state index in [0.717, 1.165) is 22.5 Å². The molecule has 3 aromatic rings. The molecule has 0 bridgehead atoms. The number of halogens is 4. The highest BCUT2D eigenvalue weighted by atomic mass is 35.5. The van der Waals surface area contributed by atoms with Crippen LogP contribution in [0.25, 0.3) is 0 Å². The van der Waals surface area contributed by atoms with Crippen molar-refractivity contribution in [2.75, 3.05) is 23.7 Å². The van der Waals surface area contributed by atoms with Crippen LogP contribution in [0.4, 0.5) is 5.69 Å². The van der Waals surface area contributed by atoms with Crippen molar-refractivity contribution in [3.05, 3.63) is 97.9 Å². The van der Waals surface area contributed by atoms with Crippen LogP contribution in [0, 0.1) is 0 Å². The van der Waals surface area contributed by atoms with E-state index in [1.807, 2.05) is 37.3 Å². The third-order valence-corrected chi connectivity index (χ3v) is 8.96. The first-order valence-electron chi connectivity index (χ1n) is 13.4. The number of benzene rings is 3. The number of hydrogen-bond donors (Lipinski definition) is 1. The van der Waals surface area contributed by atoms with E-state index in [-0.39, 0.29) is 54.9 Å². The highest BCUT2D eigenvalue weighted by molar-refractivity contribution is 7.92. The van der Waals surface area contributed by atoms with Crippen LogP contribution >= 0.6 is 46.4 Å². The lowest BCUT2D eigenvalue weighted by Crippen LogP contribution is -2.50. The first-order chi connectivity index (χ1) is 19.9. The van der Waals surface area contributed by atoms with E-state index in [0.29, 0.717) is 27.2 Å². The number of hydrogen-bond acceptors (Lipinski definition) is 4. The van der Waals surface area contributed by atoms with Crippen LogP contribution in [0.5, 0.6) is 0 Å². The maximum atomic E-state index is 13.9. The van der Waals surface area contributed by atoms with E-state index >= 15 is 0 Å². The van der Waals surface area contributed by atoms with Crippen molar-refractivity contribution in [2.45, 2.75) is 45.2 Å². The highest BCUT2D eigenvalue weighted by Gasteiger charge is 2.30. The van der Waals surface area contributed by atoms with Crippen LogP contribution in [0.15, 0.2) is 66.7 Å². The van der Waals surface area contributed by atoms with Crippen molar-refractivity contribution in [1.29, 1.82) is 0 Å². The maximum absolute atomic E-state index is 13.9. The van der Waals surface area contributed by atoms with Gasteiger partial charge in [0.25, 0.3) is 0 Å². The minimum atomic E-state index is -3.74. The standard InChI is InChI=1S/C30H33Cl4N3O4S/c1-3-15-35-30(39)28(18-21-8-5-4-6-9-21)36(20-22-11-13-24(32)26(34)17-22)29(38)10-7-16-37(42(2,40)41)27-19-23(31)12-14-25(27)33/h4-6,8-9,11-14,17,19,28H,3,7,10,15-16,18,20H2,1-2H3,(H,35,39)/t28-/m0/s1. The summed E-state index contributed by atoms with van der Waals surface area (Å²) in [6.45, 7) is 2.49. The third-order valence-electron chi connectivity index (χ3n) is 6.49. The zero-order valence-corrected chi connectivity index (χ0v) is 27.2. The lowest BCUT2D eigenvalue weighted by molar-refractivity contribution is -0.141. The Morgan fingerprint density at radius 3 is 2.21 bits per heavy atom. The Morgan fingerprint density at radius 1 is 0.881 bits per heavy atom. The van der Waals surface area contributed by atoms with Crippen molar-refractivity contribution < 1.29 is 18.0 Å². The van der Waals surface area contributed by atoms with Gasteiger partial charge in [0.15, 0.2) is 0 Å². The molecule has 0 aromatic heterocycles. The summed E-state index contributed by atoms with van der Waals surface area (Å²) in [6, 6.07) is 18.2. The normalized spacial score (nSPS) is 12.0. The fraction of sp³-hybridized carbons (Fsp3) is 0.333. The number of carbonyl (C=O) groups excluding carboxylic acids is 2. The minimum Gasteiger partial charge on any atom is -0.354 e. The predicted octanol–water partition coefficient (Wildman–Crippen LogP) is 7.01. The largest absolute Gasteiger partial charge is 0.354 e. The minimum absolute atomic E-state index is 0.0172. The van der Waals surface area contributed by atoms with Gasteiger partial charge >= 0.3 is 0 Å². The second-order valence-corrected chi connectivity index (χ2v) is 13.4. The molecule has 7 nitrogen and oxygen atoms in total. The van der Waals surface area contributed by atoms with E-state index in [9.17, 15) is 18.0 Å². The van der Waals surface area contributed by atoms with Gasteiger partial charge in [-0.15, -0.1) is 0 Å². The molecule has 0 aliphatic rings. The van der Waals surface area contributed by atoms with E-state index in [1.165, 1.54) is 17.0 Å². The van der Waals surface area contributed by atoms with Crippen LogP contribution < -0.4 is 9.62 Å². The van der Waals surface area contributed by atoms with Crippen LogP contribution in [0.2, 0.25) is 20.1 Å². The quantitative estimate of drug-likeness (QED) is 0.200. The summed E-state index contributed by atoms with van der Waals surface area (Å²) in [5.41, 5.74) is 1.81. The Hall–Kier alpha value is -2.49. The molecule has 0 spiro atoms. The molecule has 226 valence electrons. The molecule has 0 aliphatic carbocycles. The molecular weight excluding hydrogens is 640 g/mol. The van der Waals surface area contributed by atoms with Gasteiger partial charge in [-0.3, -0.25) is 13.9 Å². The third kappa shape index (κ3) is 9.78. The summed E-state index contributed by atoms with van der Waals surface area (Å²) in [6.07, 6.45) is 2.23. The second-order valence-electron chi connectivity index (χ2n) is 9.80. The van der Waals surface area contributed by atoms with E-state index in [2.05, 4.69) is 5.32 Å². The fourth-order valence-corrected chi connectivity index (χ4v) is 6.14. The number of rotatable bonds is 14. The van der Waals surface area contributed by atoms with Gasteiger partial charge in [-0.05, 0) is 54.3 Å². The van der Waals surface area contributed by atoms with Gasteiger partial charge in [0.1, 0.15) is 6.04 Å². The first-order valence-corrected chi connectivity index (χ1v) is 16.7. The Kier molecular flexibility index (Phi) is 12.8. The second kappa shape index (κ2) is 15.8. The van der Waals surface area contributed by atoms with Crippen LogP contribution in [0.3, 0.4) is 0 Å². The number of carbonyl (C=O) groups is 2. The van der Waals surface area contributed by atoms with Gasteiger partial charge in [0, 0.05) is 37.5 Å². The average Bonchev–Trinajstić information content (AvgIpc) is 2.94. The molecule has 12 heteroatoms. The Bertz CT molecular complexity index is 1490. The lowest BCUT2D eigenvalue weighted by atomic mass is 10.0. The molecule has 42 heavy (non-hydrogen) atoms. The number of sulfonamides is 1. The number of amides is 2. The van der Waals surface area contributed by atoms with Crippen LogP contribution in [-0.4, -0.2) is 50.5 Å². The van der Waals surface area contributed by atoms with Gasteiger partial charge in [-0.1, -0.05) is 89.7 Å². The molecule has 0 fully saturated rings. The zero-order valence-electron chi connectivity index (χ0n) is 23.3. The molecule has 2 amide bonds. The Balaban J connectivity index is 1.91. The molecule has 1 atom stereocenters. The van der Waals surface area contributed by atoms with Crippen molar-refractivity contribution in [3.63, 3.8) is 0 Å². The molecule has 0 saturated heterocycles. The summed E-state index contributed by atoms with van der Waals surface area (Å²) >= 11 is 24.8. The molecule has 1 N–H and O–H groups in total. The molecule has 0 unspecified atom stereocenters. The predicted molar refractivity (Wildman–Crippen MR) is 172 cm³/mol. The maximum Gasteiger partial charge on any atom is 0.243 e. The van der Waals surface area contributed by atoms with E-state index in [1.54, 1.807) is 24.3 Å². The van der Waals surface area contributed by atoms with Gasteiger partial charge in [0.2, 0.25) is 21.8 Å². The first kappa shape index (κ1) is 34.0. The van der Waals surface area contributed by atoms with Gasteiger partial charge < -0.3 is 10.2 Å². The van der Waals surface area contributed by atoms with Crippen LogP contribution in [0.1, 0.15) is 37.3 Å². The molecule has 0 saturated carbocycles. The lowest BCUT2D eigenvalue weighted by Gasteiger charge is -2.32. The number of nitrogens with zero attached hydrogens (tertiary/aromatic N) is 2. The summed E-state index contributed by atoms with van der Waals surface area (Å²) in [5.74, 6) is -0.600. The summed E-state index contributed by atoms with van der Waals surface area (Å²) < 4.78 is 26.5. The van der Waals surface area contributed by atoms with Crippen molar-refractivity contribution in [2.24, 2.45) is 0 Å². The molecule has 0 radical (unpaired) electrons. The molecule has 0 heterocycles. The van der Waals surface area contributed by atoms with Crippen LogP contribution in [-0.2, 0) is 32.6 Å². The van der Waals surface area contributed by atoms with E-state index < -0.39 is 16.1 Å². The van der Waals surface area contributed by atoms with Crippen molar-refractivity contribution in [3.8, 4) is 0 Å². The highest BCUT2D eigenvalue weighted by Crippen LogP contribution is 2.31.